The second-order valence-electron chi connectivity index (χ2n) is 4.51. The number of carbonyl (C=O) groups excluding carboxylic acids is 2. The number of carbonyl (C=O) groups is 2. The molecule has 1 fully saturated rings. The Bertz CT molecular complexity index is 250. The molecule has 0 aromatic heterocycles. The van der Waals surface area contributed by atoms with Crippen LogP contribution >= 0.6 is 0 Å². The Kier molecular flexibility index (Phi) is 5.25. The number of nitrogens with two attached hydrogens (primary N) is 2. The lowest BCUT2D eigenvalue weighted by Gasteiger charge is -2.12. The van der Waals surface area contributed by atoms with Crippen molar-refractivity contribution in [1.29, 1.82) is 0 Å². The second-order valence-corrected chi connectivity index (χ2v) is 4.51. The fourth-order valence-electron chi connectivity index (χ4n) is 2.14. The molecule has 5 heteroatoms. The van der Waals surface area contributed by atoms with Gasteiger partial charge in [-0.1, -0.05) is 25.7 Å². The van der Waals surface area contributed by atoms with Crippen molar-refractivity contribution < 1.29 is 9.59 Å². The molecule has 92 valence electrons. The van der Waals surface area contributed by atoms with Gasteiger partial charge in [-0.25, -0.2) is 0 Å². The van der Waals surface area contributed by atoms with Crippen molar-refractivity contribution in [3.63, 3.8) is 0 Å². The molecule has 5 nitrogen and oxygen atoms in total. The lowest BCUT2D eigenvalue weighted by molar-refractivity contribution is -0.126. The maximum absolute atomic E-state index is 11.4. The highest BCUT2D eigenvalue weighted by atomic mass is 16.2. The molecule has 0 spiro atoms. The third-order valence-corrected chi connectivity index (χ3v) is 3.08. The SMILES string of the molecule is NC(=O)CC(N)C(=O)NCCC1CCCC1. The number of nitrogens with one attached hydrogen (secondary N) is 1. The number of hydrogen-bond acceptors (Lipinski definition) is 3. The summed E-state index contributed by atoms with van der Waals surface area (Å²) in [6.07, 6.45) is 6.07. The van der Waals surface area contributed by atoms with Crippen LogP contribution in [0.2, 0.25) is 0 Å². The molecule has 0 aromatic rings. The summed E-state index contributed by atoms with van der Waals surface area (Å²) in [7, 11) is 0. The van der Waals surface area contributed by atoms with E-state index in [1.807, 2.05) is 0 Å². The largest absolute Gasteiger partial charge is 0.370 e. The minimum atomic E-state index is -0.805. The summed E-state index contributed by atoms with van der Waals surface area (Å²) in [5, 5.41) is 2.74. The van der Waals surface area contributed by atoms with Gasteiger partial charge in [0.25, 0.3) is 0 Å². The van der Waals surface area contributed by atoms with E-state index in [9.17, 15) is 9.59 Å². The van der Waals surface area contributed by atoms with Crippen molar-refractivity contribution in [1.82, 2.24) is 5.32 Å². The van der Waals surface area contributed by atoms with Crippen LogP contribution in [0.1, 0.15) is 38.5 Å². The predicted molar refractivity (Wildman–Crippen MR) is 61.4 cm³/mol. The van der Waals surface area contributed by atoms with Gasteiger partial charge < -0.3 is 16.8 Å². The number of rotatable bonds is 6. The molecule has 0 saturated heterocycles. The molecule has 1 atom stereocenters. The standard InChI is InChI=1S/C11H21N3O2/c12-9(7-10(13)15)11(16)14-6-5-8-3-1-2-4-8/h8-9H,1-7,12H2,(H2,13,15)(H,14,16). The topological polar surface area (TPSA) is 98.2 Å². The van der Waals surface area contributed by atoms with Crippen molar-refractivity contribution in [2.45, 2.75) is 44.6 Å². The van der Waals surface area contributed by atoms with Gasteiger partial charge in [-0.3, -0.25) is 9.59 Å². The Hall–Kier alpha value is -1.10. The summed E-state index contributed by atoms with van der Waals surface area (Å²) in [5.74, 6) is -0.0806. The first-order chi connectivity index (χ1) is 7.59. The van der Waals surface area contributed by atoms with Gasteiger partial charge >= 0.3 is 0 Å². The molecule has 0 aliphatic heterocycles. The maximum atomic E-state index is 11.4. The Labute approximate surface area is 95.9 Å². The fraction of sp³-hybridized carbons (Fsp3) is 0.818. The summed E-state index contributed by atoms with van der Waals surface area (Å²) in [4.78, 5) is 22.0. The van der Waals surface area contributed by atoms with Gasteiger partial charge in [0.05, 0.1) is 12.5 Å². The van der Waals surface area contributed by atoms with Crippen LogP contribution in [0.5, 0.6) is 0 Å². The van der Waals surface area contributed by atoms with Gasteiger partial charge in [0.15, 0.2) is 0 Å². The van der Waals surface area contributed by atoms with Crippen LogP contribution in [0.25, 0.3) is 0 Å². The summed E-state index contributed by atoms with van der Waals surface area (Å²) in [6.45, 7) is 0.649. The van der Waals surface area contributed by atoms with Crippen molar-refractivity contribution in [3.8, 4) is 0 Å². The third kappa shape index (κ3) is 4.61. The summed E-state index contributed by atoms with van der Waals surface area (Å²) in [5.41, 5.74) is 10.5. The zero-order valence-electron chi connectivity index (χ0n) is 9.58. The maximum Gasteiger partial charge on any atom is 0.237 e. The lowest BCUT2D eigenvalue weighted by Crippen LogP contribution is -2.43. The van der Waals surface area contributed by atoms with Gasteiger partial charge in [0, 0.05) is 6.54 Å². The first-order valence-electron chi connectivity index (χ1n) is 5.91. The van der Waals surface area contributed by atoms with E-state index in [-0.39, 0.29) is 12.3 Å². The molecule has 16 heavy (non-hydrogen) atoms. The first-order valence-corrected chi connectivity index (χ1v) is 5.91. The first kappa shape index (κ1) is 13.0. The zero-order chi connectivity index (χ0) is 12.0. The smallest absolute Gasteiger partial charge is 0.237 e. The molecule has 0 heterocycles. The van der Waals surface area contributed by atoms with Crippen molar-refractivity contribution in [2.75, 3.05) is 6.54 Å². The average Bonchev–Trinajstić information content (AvgIpc) is 2.69. The highest BCUT2D eigenvalue weighted by Crippen LogP contribution is 2.26. The van der Waals surface area contributed by atoms with Crippen LogP contribution in [0, 0.1) is 5.92 Å². The van der Waals surface area contributed by atoms with E-state index < -0.39 is 11.9 Å². The molecule has 0 radical (unpaired) electrons. The van der Waals surface area contributed by atoms with E-state index in [4.69, 9.17) is 11.5 Å². The van der Waals surface area contributed by atoms with Crippen LogP contribution in [-0.4, -0.2) is 24.4 Å². The Morgan fingerprint density at radius 3 is 2.50 bits per heavy atom. The van der Waals surface area contributed by atoms with E-state index in [2.05, 4.69) is 5.32 Å². The monoisotopic (exact) mass is 227 g/mol. The van der Waals surface area contributed by atoms with Gasteiger partial charge in [-0.15, -0.1) is 0 Å². The molecular weight excluding hydrogens is 206 g/mol. The van der Waals surface area contributed by atoms with Crippen LogP contribution in [-0.2, 0) is 9.59 Å². The molecule has 5 N–H and O–H groups in total. The van der Waals surface area contributed by atoms with Gasteiger partial charge in [0.2, 0.25) is 11.8 Å². The van der Waals surface area contributed by atoms with Crippen molar-refractivity contribution in [2.24, 2.45) is 17.4 Å². The van der Waals surface area contributed by atoms with E-state index in [0.717, 1.165) is 12.3 Å². The molecule has 1 saturated carbocycles. The third-order valence-electron chi connectivity index (χ3n) is 3.08. The van der Waals surface area contributed by atoms with E-state index in [1.165, 1.54) is 25.7 Å². The van der Waals surface area contributed by atoms with Crippen LogP contribution < -0.4 is 16.8 Å². The Morgan fingerprint density at radius 1 is 1.31 bits per heavy atom. The predicted octanol–water partition coefficient (Wildman–Crippen LogP) is -0.114. The summed E-state index contributed by atoms with van der Waals surface area (Å²) in [6, 6.07) is -0.805. The molecule has 0 bridgehead atoms. The van der Waals surface area contributed by atoms with E-state index >= 15 is 0 Å². The summed E-state index contributed by atoms with van der Waals surface area (Å²) >= 11 is 0. The van der Waals surface area contributed by atoms with Gasteiger partial charge in [-0.2, -0.15) is 0 Å². The van der Waals surface area contributed by atoms with Crippen molar-refractivity contribution in [3.05, 3.63) is 0 Å². The minimum Gasteiger partial charge on any atom is -0.370 e. The number of amides is 2. The summed E-state index contributed by atoms with van der Waals surface area (Å²) < 4.78 is 0. The molecule has 0 aromatic carbocycles. The second kappa shape index (κ2) is 6.48. The average molecular weight is 227 g/mol. The molecule has 1 aliphatic carbocycles. The lowest BCUT2D eigenvalue weighted by atomic mass is 10.0. The van der Waals surface area contributed by atoms with Crippen LogP contribution in [0.3, 0.4) is 0 Å². The fourth-order valence-corrected chi connectivity index (χ4v) is 2.14. The Balaban J connectivity index is 2.11. The van der Waals surface area contributed by atoms with Crippen LogP contribution in [0.15, 0.2) is 0 Å². The molecule has 1 rings (SSSR count). The number of primary amides is 1. The molecule has 2 amide bonds. The molecule has 1 aliphatic rings. The number of hydrogen-bond donors (Lipinski definition) is 3. The molecule has 1 unspecified atom stereocenters. The van der Waals surface area contributed by atoms with Crippen LogP contribution in [0.4, 0.5) is 0 Å². The van der Waals surface area contributed by atoms with Crippen molar-refractivity contribution >= 4 is 11.8 Å². The molecular formula is C11H21N3O2. The van der Waals surface area contributed by atoms with E-state index in [1.54, 1.807) is 0 Å². The minimum absolute atomic E-state index is 0.0880. The quantitative estimate of drug-likeness (QED) is 0.590. The normalized spacial score (nSPS) is 18.3. The Morgan fingerprint density at radius 2 is 1.94 bits per heavy atom. The van der Waals surface area contributed by atoms with Gasteiger partial charge in [0.1, 0.15) is 0 Å². The highest BCUT2D eigenvalue weighted by Gasteiger charge is 2.17. The van der Waals surface area contributed by atoms with E-state index in [0.29, 0.717) is 6.54 Å². The zero-order valence-corrected chi connectivity index (χ0v) is 9.58. The highest BCUT2D eigenvalue weighted by molar-refractivity contribution is 5.87. The van der Waals surface area contributed by atoms with Gasteiger partial charge in [-0.05, 0) is 12.3 Å².